The Labute approximate surface area is 229 Å². The van der Waals surface area contributed by atoms with Gasteiger partial charge in [-0.2, -0.15) is 0 Å². The number of thiophene rings is 2. The lowest BCUT2D eigenvalue weighted by atomic mass is 9.88. The largest absolute Gasteiger partial charge is 0.462 e. The number of rotatable bonds is 9. The standard InChI is InChI=1S/C26H28N2O7S3/c1-4-34-26(31)22-19-12-7-15(2)14-20(19)37-24(22)27-23(29)16(3)35-25(30)17-8-10-18(11-9-17)28-38(32,33)21-6-5-13-36-21/h5-6,8-11,13,15-16,28H,4,7,12,14H2,1-3H3,(H,27,29). The molecule has 0 fully saturated rings. The van der Waals surface area contributed by atoms with Crippen LogP contribution in [0.1, 0.15) is 58.3 Å². The van der Waals surface area contributed by atoms with Crippen molar-refractivity contribution in [3.63, 3.8) is 0 Å². The van der Waals surface area contributed by atoms with Crippen molar-refractivity contribution in [2.45, 2.75) is 50.3 Å². The maximum absolute atomic E-state index is 12.9. The molecule has 0 saturated heterocycles. The molecule has 1 aromatic carbocycles. The molecule has 1 aliphatic carbocycles. The number of amides is 1. The minimum Gasteiger partial charge on any atom is -0.462 e. The van der Waals surface area contributed by atoms with Crippen molar-refractivity contribution in [3.05, 3.63) is 63.3 Å². The van der Waals surface area contributed by atoms with Crippen LogP contribution in [-0.4, -0.2) is 39.0 Å². The fourth-order valence-electron chi connectivity index (χ4n) is 4.05. The van der Waals surface area contributed by atoms with Crippen molar-refractivity contribution in [2.24, 2.45) is 5.92 Å². The van der Waals surface area contributed by atoms with Crippen LogP contribution in [0.25, 0.3) is 0 Å². The summed E-state index contributed by atoms with van der Waals surface area (Å²) >= 11 is 2.45. The first-order valence-electron chi connectivity index (χ1n) is 12.1. The third kappa shape index (κ3) is 6.25. The molecule has 2 N–H and O–H groups in total. The van der Waals surface area contributed by atoms with Crippen LogP contribution in [-0.2, 0) is 37.1 Å². The van der Waals surface area contributed by atoms with Crippen LogP contribution in [0, 0.1) is 5.92 Å². The van der Waals surface area contributed by atoms with Crippen LogP contribution in [0.5, 0.6) is 0 Å². The fraction of sp³-hybridized carbons (Fsp3) is 0.346. The van der Waals surface area contributed by atoms with Gasteiger partial charge >= 0.3 is 11.9 Å². The molecule has 0 aliphatic heterocycles. The van der Waals surface area contributed by atoms with Gasteiger partial charge in [-0.3, -0.25) is 9.52 Å². The van der Waals surface area contributed by atoms with Gasteiger partial charge in [0.2, 0.25) is 0 Å². The molecule has 2 atom stereocenters. The quantitative estimate of drug-likeness (QED) is 0.339. The minimum absolute atomic E-state index is 0.150. The van der Waals surface area contributed by atoms with Gasteiger partial charge in [0, 0.05) is 10.6 Å². The van der Waals surface area contributed by atoms with Gasteiger partial charge in [0.1, 0.15) is 9.21 Å². The van der Waals surface area contributed by atoms with E-state index in [0.717, 1.165) is 41.0 Å². The van der Waals surface area contributed by atoms with E-state index in [0.29, 0.717) is 16.5 Å². The number of hydrogen-bond donors (Lipinski definition) is 2. The Bertz CT molecular complexity index is 1430. The summed E-state index contributed by atoms with van der Waals surface area (Å²) in [6.07, 6.45) is 1.37. The number of carbonyl (C=O) groups is 3. The molecular formula is C26H28N2O7S3. The van der Waals surface area contributed by atoms with Crippen LogP contribution < -0.4 is 10.0 Å². The van der Waals surface area contributed by atoms with Gasteiger partial charge in [-0.05, 0) is 80.3 Å². The van der Waals surface area contributed by atoms with E-state index in [1.165, 1.54) is 48.6 Å². The lowest BCUT2D eigenvalue weighted by molar-refractivity contribution is -0.123. The predicted molar refractivity (Wildman–Crippen MR) is 147 cm³/mol. The topological polar surface area (TPSA) is 128 Å². The lowest BCUT2D eigenvalue weighted by Gasteiger charge is -2.18. The van der Waals surface area contributed by atoms with Crippen molar-refractivity contribution in [3.8, 4) is 0 Å². The highest BCUT2D eigenvalue weighted by Crippen LogP contribution is 2.40. The number of esters is 2. The molecule has 3 aromatic rings. The number of benzene rings is 1. The van der Waals surface area contributed by atoms with Gasteiger partial charge in [0.05, 0.1) is 17.7 Å². The summed E-state index contributed by atoms with van der Waals surface area (Å²) in [5.74, 6) is -1.31. The number of ether oxygens (including phenoxy) is 2. The van der Waals surface area contributed by atoms with Gasteiger partial charge in [-0.25, -0.2) is 18.0 Å². The molecule has 12 heteroatoms. The summed E-state index contributed by atoms with van der Waals surface area (Å²) in [5.41, 5.74) is 1.73. The maximum atomic E-state index is 12.9. The van der Waals surface area contributed by atoms with E-state index in [4.69, 9.17) is 9.47 Å². The van der Waals surface area contributed by atoms with E-state index >= 15 is 0 Å². The monoisotopic (exact) mass is 576 g/mol. The Morgan fingerprint density at radius 2 is 1.87 bits per heavy atom. The highest BCUT2D eigenvalue weighted by Gasteiger charge is 2.30. The molecule has 0 saturated carbocycles. The number of fused-ring (bicyclic) bond motifs is 1. The van der Waals surface area contributed by atoms with Gasteiger partial charge < -0.3 is 14.8 Å². The first-order valence-corrected chi connectivity index (χ1v) is 15.3. The van der Waals surface area contributed by atoms with Crippen molar-refractivity contribution in [1.82, 2.24) is 0 Å². The molecular weight excluding hydrogens is 548 g/mol. The molecule has 202 valence electrons. The zero-order valence-electron chi connectivity index (χ0n) is 21.1. The van der Waals surface area contributed by atoms with E-state index < -0.39 is 34.0 Å². The Balaban J connectivity index is 1.41. The number of anilines is 2. The average molecular weight is 577 g/mol. The summed E-state index contributed by atoms with van der Waals surface area (Å²) < 4.78 is 37.9. The second kappa shape index (κ2) is 11.7. The van der Waals surface area contributed by atoms with E-state index in [2.05, 4.69) is 17.0 Å². The molecule has 2 unspecified atom stereocenters. The molecule has 9 nitrogen and oxygen atoms in total. The molecule has 1 aliphatic rings. The van der Waals surface area contributed by atoms with Crippen molar-refractivity contribution < 1.29 is 32.3 Å². The van der Waals surface area contributed by atoms with Crippen LogP contribution in [0.3, 0.4) is 0 Å². The van der Waals surface area contributed by atoms with E-state index in [-0.39, 0.29) is 22.1 Å². The number of nitrogens with one attached hydrogen (secondary N) is 2. The fourth-order valence-corrected chi connectivity index (χ4v) is 7.50. The number of sulfonamides is 1. The molecule has 0 spiro atoms. The second-order valence-electron chi connectivity index (χ2n) is 8.93. The summed E-state index contributed by atoms with van der Waals surface area (Å²) in [7, 11) is -3.71. The molecule has 2 heterocycles. The molecule has 4 rings (SSSR count). The lowest BCUT2D eigenvalue weighted by Crippen LogP contribution is -2.30. The van der Waals surface area contributed by atoms with Gasteiger partial charge in [-0.1, -0.05) is 13.0 Å². The van der Waals surface area contributed by atoms with Gasteiger partial charge in [-0.15, -0.1) is 22.7 Å². The summed E-state index contributed by atoms with van der Waals surface area (Å²) in [6.45, 7) is 5.54. The van der Waals surface area contributed by atoms with E-state index in [1.54, 1.807) is 18.4 Å². The van der Waals surface area contributed by atoms with Gasteiger partial charge in [0.25, 0.3) is 15.9 Å². The molecule has 38 heavy (non-hydrogen) atoms. The highest BCUT2D eigenvalue weighted by molar-refractivity contribution is 7.94. The van der Waals surface area contributed by atoms with E-state index in [9.17, 15) is 22.8 Å². The summed E-state index contributed by atoms with van der Waals surface area (Å²) in [4.78, 5) is 39.3. The second-order valence-corrected chi connectivity index (χ2v) is 12.9. The van der Waals surface area contributed by atoms with Crippen LogP contribution >= 0.6 is 22.7 Å². The molecule has 1 amide bonds. The Kier molecular flexibility index (Phi) is 8.54. The predicted octanol–water partition coefficient (Wildman–Crippen LogP) is 5.10. The Morgan fingerprint density at radius 1 is 1.13 bits per heavy atom. The Morgan fingerprint density at radius 3 is 2.53 bits per heavy atom. The van der Waals surface area contributed by atoms with Crippen molar-refractivity contribution >= 4 is 61.2 Å². The SMILES string of the molecule is CCOC(=O)c1c(NC(=O)C(C)OC(=O)c2ccc(NS(=O)(=O)c3cccs3)cc2)sc2c1CCC(C)C2. The smallest absolute Gasteiger partial charge is 0.341 e. The zero-order valence-corrected chi connectivity index (χ0v) is 23.6. The maximum Gasteiger partial charge on any atom is 0.341 e. The average Bonchev–Trinajstić information content (AvgIpc) is 3.53. The first-order chi connectivity index (χ1) is 18.1. The number of carbonyl (C=O) groups excluding carboxylic acids is 3. The third-order valence-electron chi connectivity index (χ3n) is 6.01. The Hall–Kier alpha value is -3.22. The molecule has 0 radical (unpaired) electrons. The highest BCUT2D eigenvalue weighted by atomic mass is 32.2. The number of hydrogen-bond acceptors (Lipinski definition) is 9. The minimum atomic E-state index is -3.71. The zero-order chi connectivity index (χ0) is 27.4. The van der Waals surface area contributed by atoms with E-state index in [1.807, 2.05) is 0 Å². The van der Waals surface area contributed by atoms with Crippen molar-refractivity contribution in [1.29, 1.82) is 0 Å². The van der Waals surface area contributed by atoms with Crippen LogP contribution in [0.4, 0.5) is 10.7 Å². The molecule has 0 bridgehead atoms. The molecule has 2 aromatic heterocycles. The summed E-state index contributed by atoms with van der Waals surface area (Å²) in [6, 6.07) is 8.83. The van der Waals surface area contributed by atoms with Gasteiger partial charge in [0.15, 0.2) is 6.10 Å². The third-order valence-corrected chi connectivity index (χ3v) is 9.96. The first kappa shape index (κ1) is 27.8. The van der Waals surface area contributed by atoms with Crippen LogP contribution in [0.2, 0.25) is 0 Å². The van der Waals surface area contributed by atoms with Crippen LogP contribution in [0.15, 0.2) is 46.0 Å². The normalized spacial score (nSPS) is 15.7. The van der Waals surface area contributed by atoms with Crippen molar-refractivity contribution in [2.75, 3.05) is 16.6 Å². The summed E-state index contributed by atoms with van der Waals surface area (Å²) in [5, 5.41) is 4.82.